The number of hydrogen-bond donors (Lipinski definition) is 2. The lowest BCUT2D eigenvalue weighted by Crippen LogP contribution is -2.14. The Morgan fingerprint density at radius 3 is 2.55 bits per heavy atom. The number of aromatic hydroxyl groups is 1. The van der Waals surface area contributed by atoms with Crippen LogP contribution in [0, 0.1) is 17.0 Å². The average Bonchev–Trinajstić information content (AvgIpc) is 2.44. The second-order valence-corrected chi connectivity index (χ2v) is 4.52. The van der Waals surface area contributed by atoms with E-state index in [1.165, 1.54) is 37.3 Å². The normalized spacial score (nSPS) is 11.3. The van der Waals surface area contributed by atoms with Crippen LogP contribution in [0.5, 0.6) is 5.75 Å². The van der Waals surface area contributed by atoms with E-state index in [-0.39, 0.29) is 22.7 Å². The molecule has 2 rings (SSSR count). The summed E-state index contributed by atoms with van der Waals surface area (Å²) in [4.78, 5) is 21.8. The zero-order chi connectivity index (χ0) is 16.3. The average molecular weight is 303 g/mol. The van der Waals surface area contributed by atoms with Crippen molar-refractivity contribution < 1.29 is 14.4 Å². The maximum Gasteiger partial charge on any atom is 0.348 e. The molecule has 1 heterocycles. The van der Waals surface area contributed by atoms with Gasteiger partial charge in [-0.15, -0.1) is 0 Å². The van der Waals surface area contributed by atoms with Gasteiger partial charge in [0, 0.05) is 18.2 Å². The summed E-state index contributed by atoms with van der Waals surface area (Å²) in [7, 11) is 0. The number of hydrazone groups is 1. The lowest BCUT2D eigenvalue weighted by atomic mass is 10.2. The van der Waals surface area contributed by atoms with Crippen molar-refractivity contribution in [3.05, 3.63) is 62.2 Å². The zero-order valence-corrected chi connectivity index (χ0v) is 11.9. The van der Waals surface area contributed by atoms with E-state index in [1.807, 2.05) is 0 Å². The SMILES string of the molecule is CC(=NNc1ccc([N+](=O)[O-])cc1)c1c(O)cc(C)oc1=O. The van der Waals surface area contributed by atoms with Crippen LogP contribution in [0.2, 0.25) is 0 Å². The molecular formula is C14H13N3O5. The number of nitrogens with zero attached hydrogens (tertiary/aromatic N) is 2. The van der Waals surface area contributed by atoms with Gasteiger partial charge in [0.1, 0.15) is 17.1 Å². The highest BCUT2D eigenvalue weighted by Gasteiger charge is 2.13. The molecule has 0 saturated heterocycles. The van der Waals surface area contributed by atoms with Gasteiger partial charge < -0.3 is 9.52 Å². The van der Waals surface area contributed by atoms with Crippen molar-refractivity contribution in [2.24, 2.45) is 5.10 Å². The van der Waals surface area contributed by atoms with Gasteiger partial charge in [0.05, 0.1) is 16.3 Å². The van der Waals surface area contributed by atoms with Crippen LogP contribution >= 0.6 is 0 Å². The topological polar surface area (TPSA) is 118 Å². The van der Waals surface area contributed by atoms with Gasteiger partial charge in [-0.2, -0.15) is 5.10 Å². The molecule has 1 aromatic carbocycles. The molecule has 0 fully saturated rings. The Morgan fingerprint density at radius 2 is 2.00 bits per heavy atom. The minimum absolute atomic E-state index is 0.0388. The number of nitro benzene ring substituents is 1. The predicted octanol–water partition coefficient (Wildman–Crippen LogP) is 2.40. The van der Waals surface area contributed by atoms with Crippen LogP contribution < -0.4 is 11.1 Å². The maximum absolute atomic E-state index is 11.7. The fourth-order valence-corrected chi connectivity index (χ4v) is 1.79. The molecule has 0 aliphatic heterocycles. The molecule has 0 spiro atoms. The van der Waals surface area contributed by atoms with Crippen molar-refractivity contribution in [3.63, 3.8) is 0 Å². The molecule has 0 unspecified atom stereocenters. The van der Waals surface area contributed by atoms with E-state index in [9.17, 15) is 20.0 Å². The van der Waals surface area contributed by atoms with Gasteiger partial charge in [-0.25, -0.2) is 4.79 Å². The molecule has 0 bridgehead atoms. The second-order valence-electron chi connectivity index (χ2n) is 4.52. The number of benzene rings is 1. The van der Waals surface area contributed by atoms with Gasteiger partial charge in [0.15, 0.2) is 0 Å². The number of aryl methyl sites for hydroxylation is 1. The first-order valence-electron chi connectivity index (χ1n) is 6.27. The third-order valence-corrected chi connectivity index (χ3v) is 2.85. The van der Waals surface area contributed by atoms with Crippen LogP contribution in [-0.2, 0) is 0 Å². The first kappa shape index (κ1) is 15.2. The van der Waals surface area contributed by atoms with E-state index in [2.05, 4.69) is 10.5 Å². The molecule has 2 N–H and O–H groups in total. The van der Waals surface area contributed by atoms with Gasteiger partial charge in [-0.1, -0.05) is 0 Å². The summed E-state index contributed by atoms with van der Waals surface area (Å²) in [6, 6.07) is 6.93. The van der Waals surface area contributed by atoms with Gasteiger partial charge in [-0.3, -0.25) is 15.5 Å². The molecule has 2 aromatic rings. The highest BCUT2D eigenvalue weighted by molar-refractivity contribution is 6.00. The van der Waals surface area contributed by atoms with Crippen molar-refractivity contribution >= 4 is 17.1 Å². The summed E-state index contributed by atoms with van der Waals surface area (Å²) in [6.45, 7) is 3.08. The van der Waals surface area contributed by atoms with Crippen LogP contribution in [-0.4, -0.2) is 15.7 Å². The summed E-state index contributed by atoms with van der Waals surface area (Å²) in [5, 5.41) is 24.3. The molecule has 8 nitrogen and oxygen atoms in total. The number of hydrogen-bond acceptors (Lipinski definition) is 7. The molecule has 0 aliphatic rings. The largest absolute Gasteiger partial charge is 0.507 e. The minimum atomic E-state index is -0.691. The minimum Gasteiger partial charge on any atom is -0.507 e. The molecule has 0 saturated carbocycles. The molecule has 0 atom stereocenters. The third-order valence-electron chi connectivity index (χ3n) is 2.85. The highest BCUT2D eigenvalue weighted by Crippen LogP contribution is 2.17. The van der Waals surface area contributed by atoms with Crippen LogP contribution in [0.15, 0.2) is 44.6 Å². The van der Waals surface area contributed by atoms with Crippen LogP contribution in [0.4, 0.5) is 11.4 Å². The Bertz CT molecular complexity index is 793. The van der Waals surface area contributed by atoms with Gasteiger partial charge in [0.2, 0.25) is 0 Å². The maximum atomic E-state index is 11.7. The molecule has 0 radical (unpaired) electrons. The van der Waals surface area contributed by atoms with Crippen LogP contribution in [0.1, 0.15) is 18.2 Å². The first-order valence-corrected chi connectivity index (χ1v) is 6.27. The molecule has 0 aliphatic carbocycles. The van der Waals surface area contributed by atoms with E-state index in [0.717, 1.165) is 0 Å². The summed E-state index contributed by atoms with van der Waals surface area (Å²) >= 11 is 0. The molecule has 1 aromatic heterocycles. The Kier molecular flexibility index (Phi) is 4.21. The van der Waals surface area contributed by atoms with Crippen molar-refractivity contribution in [2.75, 3.05) is 5.43 Å². The monoisotopic (exact) mass is 303 g/mol. The standard InChI is InChI=1S/C14H13N3O5/c1-8-7-12(18)13(14(19)22-8)9(2)15-16-10-3-5-11(6-4-10)17(20)21/h3-7,16,18H,1-2H3. The Labute approximate surface area is 124 Å². The van der Waals surface area contributed by atoms with Gasteiger partial charge in [0.25, 0.3) is 5.69 Å². The quantitative estimate of drug-likeness (QED) is 0.508. The highest BCUT2D eigenvalue weighted by atomic mass is 16.6. The predicted molar refractivity (Wildman–Crippen MR) is 80.3 cm³/mol. The Balaban J connectivity index is 2.23. The molecule has 8 heteroatoms. The van der Waals surface area contributed by atoms with Gasteiger partial charge in [-0.05, 0) is 26.0 Å². The van der Waals surface area contributed by atoms with Crippen molar-refractivity contribution in [3.8, 4) is 5.75 Å². The number of non-ortho nitro benzene ring substituents is 1. The Hall–Kier alpha value is -3.16. The molecular weight excluding hydrogens is 290 g/mol. The molecule has 22 heavy (non-hydrogen) atoms. The van der Waals surface area contributed by atoms with E-state index in [1.54, 1.807) is 6.92 Å². The number of anilines is 1. The summed E-state index contributed by atoms with van der Waals surface area (Å²) in [6.07, 6.45) is 0. The second kappa shape index (κ2) is 6.08. The van der Waals surface area contributed by atoms with Crippen molar-refractivity contribution in [2.45, 2.75) is 13.8 Å². The summed E-state index contributed by atoms with van der Waals surface area (Å²) < 4.78 is 4.91. The zero-order valence-electron chi connectivity index (χ0n) is 11.9. The van der Waals surface area contributed by atoms with Gasteiger partial charge >= 0.3 is 5.63 Å². The first-order chi connectivity index (χ1) is 10.4. The summed E-state index contributed by atoms with van der Waals surface area (Å²) in [5.74, 6) is 0.0721. The third kappa shape index (κ3) is 3.29. The fourth-order valence-electron chi connectivity index (χ4n) is 1.79. The van der Waals surface area contributed by atoms with Crippen molar-refractivity contribution in [1.82, 2.24) is 0 Å². The molecule has 114 valence electrons. The Morgan fingerprint density at radius 1 is 1.36 bits per heavy atom. The van der Waals surface area contributed by atoms with E-state index in [0.29, 0.717) is 11.4 Å². The molecule has 0 amide bonds. The fraction of sp³-hybridized carbons (Fsp3) is 0.143. The number of nitrogens with one attached hydrogen (secondary N) is 1. The smallest absolute Gasteiger partial charge is 0.348 e. The van der Waals surface area contributed by atoms with Crippen molar-refractivity contribution in [1.29, 1.82) is 0 Å². The summed E-state index contributed by atoms with van der Waals surface area (Å²) in [5.41, 5.74) is 2.61. The number of rotatable bonds is 4. The lowest BCUT2D eigenvalue weighted by Gasteiger charge is -2.05. The lowest BCUT2D eigenvalue weighted by molar-refractivity contribution is -0.384. The van der Waals surface area contributed by atoms with E-state index >= 15 is 0 Å². The number of nitro groups is 1. The van der Waals surface area contributed by atoms with Crippen LogP contribution in [0.25, 0.3) is 0 Å². The van der Waals surface area contributed by atoms with E-state index in [4.69, 9.17) is 4.42 Å². The van der Waals surface area contributed by atoms with Crippen LogP contribution in [0.3, 0.4) is 0 Å². The van der Waals surface area contributed by atoms with E-state index < -0.39 is 10.5 Å².